The van der Waals surface area contributed by atoms with Crippen molar-refractivity contribution in [3.63, 3.8) is 0 Å². The average Bonchev–Trinajstić information content (AvgIpc) is 3.02. The van der Waals surface area contributed by atoms with Gasteiger partial charge in [-0.05, 0) is 29.3 Å². The SMILES string of the molecule is COc1ccc([C@@H]2CNC(=O)[C@H]2c2cccc(OC)c2Cl)cc1OC. The summed E-state index contributed by atoms with van der Waals surface area (Å²) in [5.41, 5.74) is 1.75. The Balaban J connectivity index is 2.04. The van der Waals surface area contributed by atoms with Gasteiger partial charge in [0.25, 0.3) is 0 Å². The van der Waals surface area contributed by atoms with E-state index in [2.05, 4.69) is 5.32 Å². The van der Waals surface area contributed by atoms with E-state index >= 15 is 0 Å². The van der Waals surface area contributed by atoms with Crippen LogP contribution in [0, 0.1) is 0 Å². The number of amides is 1. The van der Waals surface area contributed by atoms with E-state index in [1.807, 2.05) is 30.3 Å². The van der Waals surface area contributed by atoms with E-state index in [-0.39, 0.29) is 17.7 Å². The number of carbonyl (C=O) groups is 1. The highest BCUT2D eigenvalue weighted by Crippen LogP contribution is 2.43. The lowest BCUT2D eigenvalue weighted by Crippen LogP contribution is -2.18. The van der Waals surface area contributed by atoms with Crippen molar-refractivity contribution in [2.45, 2.75) is 11.8 Å². The molecular formula is C19H20ClNO4. The van der Waals surface area contributed by atoms with Crippen LogP contribution in [0.5, 0.6) is 17.2 Å². The second kappa shape index (κ2) is 7.23. The van der Waals surface area contributed by atoms with E-state index in [4.69, 9.17) is 25.8 Å². The van der Waals surface area contributed by atoms with Crippen molar-refractivity contribution < 1.29 is 19.0 Å². The van der Waals surface area contributed by atoms with Crippen molar-refractivity contribution in [3.8, 4) is 17.2 Å². The number of carbonyl (C=O) groups excluding carboxylic acids is 1. The summed E-state index contributed by atoms with van der Waals surface area (Å²) in [6.45, 7) is 0.534. The summed E-state index contributed by atoms with van der Waals surface area (Å²) in [6, 6.07) is 11.2. The zero-order chi connectivity index (χ0) is 18.0. The Labute approximate surface area is 151 Å². The zero-order valence-corrected chi connectivity index (χ0v) is 15.1. The predicted molar refractivity (Wildman–Crippen MR) is 96.0 cm³/mol. The Morgan fingerprint density at radius 1 is 1.00 bits per heavy atom. The van der Waals surface area contributed by atoms with Gasteiger partial charge in [-0.3, -0.25) is 4.79 Å². The van der Waals surface area contributed by atoms with Crippen LogP contribution in [0.2, 0.25) is 5.02 Å². The molecule has 25 heavy (non-hydrogen) atoms. The van der Waals surface area contributed by atoms with Crippen LogP contribution in [0.1, 0.15) is 23.0 Å². The highest BCUT2D eigenvalue weighted by Gasteiger charge is 2.38. The van der Waals surface area contributed by atoms with Gasteiger partial charge in [-0.25, -0.2) is 0 Å². The number of ether oxygens (including phenoxy) is 3. The summed E-state index contributed by atoms with van der Waals surface area (Å²) in [5, 5.41) is 3.41. The monoisotopic (exact) mass is 361 g/mol. The van der Waals surface area contributed by atoms with E-state index in [0.717, 1.165) is 11.1 Å². The summed E-state index contributed by atoms with van der Waals surface area (Å²) in [6.07, 6.45) is 0. The molecule has 2 atom stereocenters. The van der Waals surface area contributed by atoms with Crippen molar-refractivity contribution in [2.75, 3.05) is 27.9 Å². The van der Waals surface area contributed by atoms with E-state index in [0.29, 0.717) is 28.8 Å². The number of rotatable bonds is 5. The fourth-order valence-electron chi connectivity index (χ4n) is 3.30. The molecule has 6 heteroatoms. The molecule has 0 saturated carbocycles. The summed E-state index contributed by atoms with van der Waals surface area (Å²) in [4.78, 5) is 12.5. The Kier molecular flexibility index (Phi) is 5.04. The molecule has 0 aliphatic carbocycles. The number of methoxy groups -OCH3 is 3. The van der Waals surface area contributed by atoms with Gasteiger partial charge < -0.3 is 19.5 Å². The molecule has 0 radical (unpaired) electrons. The van der Waals surface area contributed by atoms with Gasteiger partial charge >= 0.3 is 0 Å². The Bertz CT molecular complexity index is 793. The minimum Gasteiger partial charge on any atom is -0.495 e. The second-order valence-electron chi connectivity index (χ2n) is 5.81. The Morgan fingerprint density at radius 2 is 1.72 bits per heavy atom. The zero-order valence-electron chi connectivity index (χ0n) is 14.3. The van der Waals surface area contributed by atoms with Crippen LogP contribution in [0.15, 0.2) is 36.4 Å². The summed E-state index contributed by atoms with van der Waals surface area (Å²) >= 11 is 6.46. The number of halogens is 1. The molecular weight excluding hydrogens is 342 g/mol. The first-order valence-corrected chi connectivity index (χ1v) is 8.30. The number of hydrogen-bond donors (Lipinski definition) is 1. The van der Waals surface area contributed by atoms with Crippen LogP contribution < -0.4 is 19.5 Å². The fraction of sp³-hybridized carbons (Fsp3) is 0.316. The maximum absolute atomic E-state index is 12.5. The first kappa shape index (κ1) is 17.4. The molecule has 2 aromatic rings. The maximum Gasteiger partial charge on any atom is 0.228 e. The van der Waals surface area contributed by atoms with Gasteiger partial charge in [0.1, 0.15) is 5.75 Å². The number of nitrogens with one attached hydrogen (secondary N) is 1. The normalized spacial score (nSPS) is 19.4. The van der Waals surface area contributed by atoms with Crippen molar-refractivity contribution in [1.82, 2.24) is 5.32 Å². The molecule has 1 aliphatic heterocycles. The summed E-state index contributed by atoms with van der Waals surface area (Å²) in [7, 11) is 4.75. The fourth-order valence-corrected chi connectivity index (χ4v) is 3.62. The van der Waals surface area contributed by atoms with Gasteiger partial charge in [0.05, 0.1) is 32.3 Å². The first-order chi connectivity index (χ1) is 12.1. The second-order valence-corrected chi connectivity index (χ2v) is 6.19. The topological polar surface area (TPSA) is 56.8 Å². The molecule has 132 valence electrons. The minimum absolute atomic E-state index is 0.0464. The predicted octanol–water partition coefficient (Wildman–Crippen LogP) is 3.36. The van der Waals surface area contributed by atoms with Gasteiger partial charge in [-0.1, -0.05) is 29.8 Å². The molecule has 1 heterocycles. The molecule has 5 nitrogen and oxygen atoms in total. The molecule has 0 unspecified atom stereocenters. The van der Waals surface area contributed by atoms with Crippen molar-refractivity contribution in [1.29, 1.82) is 0 Å². The molecule has 0 spiro atoms. The van der Waals surface area contributed by atoms with Gasteiger partial charge in [0.15, 0.2) is 11.5 Å². The van der Waals surface area contributed by atoms with Crippen molar-refractivity contribution >= 4 is 17.5 Å². The highest BCUT2D eigenvalue weighted by molar-refractivity contribution is 6.33. The molecule has 1 amide bonds. The molecule has 1 aliphatic rings. The van der Waals surface area contributed by atoms with Gasteiger partial charge in [0, 0.05) is 12.5 Å². The number of hydrogen-bond acceptors (Lipinski definition) is 4. The standard InChI is InChI=1S/C19H20ClNO4/c1-23-14-8-7-11(9-16(14)25-3)13-10-21-19(22)17(13)12-5-4-6-15(24-2)18(12)20/h4-9,13,17H,10H2,1-3H3,(H,21,22)/t13-,17-/m0/s1. The number of benzene rings is 2. The van der Waals surface area contributed by atoms with E-state index in [1.165, 1.54) is 0 Å². The lowest BCUT2D eigenvalue weighted by molar-refractivity contribution is -0.120. The highest BCUT2D eigenvalue weighted by atomic mass is 35.5. The quantitative estimate of drug-likeness (QED) is 0.887. The molecule has 0 aromatic heterocycles. The lowest BCUT2D eigenvalue weighted by Gasteiger charge is -2.20. The van der Waals surface area contributed by atoms with E-state index in [9.17, 15) is 4.79 Å². The minimum atomic E-state index is -0.388. The van der Waals surface area contributed by atoms with Crippen LogP contribution in [0.25, 0.3) is 0 Å². The summed E-state index contributed by atoms with van der Waals surface area (Å²) in [5.74, 6) is 1.35. The van der Waals surface area contributed by atoms with Crippen LogP contribution in [0.3, 0.4) is 0 Å². The summed E-state index contributed by atoms with van der Waals surface area (Å²) < 4.78 is 16.0. The van der Waals surface area contributed by atoms with Gasteiger partial charge in [-0.15, -0.1) is 0 Å². The Hall–Kier alpha value is -2.40. The largest absolute Gasteiger partial charge is 0.495 e. The first-order valence-electron chi connectivity index (χ1n) is 7.92. The van der Waals surface area contributed by atoms with Gasteiger partial charge in [-0.2, -0.15) is 0 Å². The van der Waals surface area contributed by atoms with Crippen LogP contribution >= 0.6 is 11.6 Å². The van der Waals surface area contributed by atoms with Gasteiger partial charge in [0.2, 0.25) is 5.91 Å². The van der Waals surface area contributed by atoms with E-state index in [1.54, 1.807) is 27.4 Å². The van der Waals surface area contributed by atoms with Crippen LogP contribution in [-0.4, -0.2) is 33.8 Å². The average molecular weight is 362 g/mol. The van der Waals surface area contributed by atoms with Crippen LogP contribution in [0.4, 0.5) is 0 Å². The third kappa shape index (κ3) is 3.12. The molecule has 1 N–H and O–H groups in total. The molecule has 1 fully saturated rings. The molecule has 2 aromatic carbocycles. The molecule has 1 saturated heterocycles. The van der Waals surface area contributed by atoms with Crippen molar-refractivity contribution in [2.24, 2.45) is 0 Å². The smallest absolute Gasteiger partial charge is 0.228 e. The van der Waals surface area contributed by atoms with Crippen LogP contribution in [-0.2, 0) is 4.79 Å². The third-order valence-electron chi connectivity index (χ3n) is 4.56. The lowest BCUT2D eigenvalue weighted by atomic mass is 9.83. The van der Waals surface area contributed by atoms with E-state index < -0.39 is 0 Å². The van der Waals surface area contributed by atoms with Crippen molar-refractivity contribution in [3.05, 3.63) is 52.5 Å². The maximum atomic E-state index is 12.5. The molecule has 0 bridgehead atoms. The third-order valence-corrected chi connectivity index (χ3v) is 4.97. The molecule has 3 rings (SSSR count). The Morgan fingerprint density at radius 3 is 2.40 bits per heavy atom.